The van der Waals surface area contributed by atoms with E-state index in [1.807, 2.05) is 0 Å². The maximum absolute atomic E-state index is 13.3. The number of hydrogen-bond acceptors (Lipinski definition) is 2. The Balaban J connectivity index is 1.86. The van der Waals surface area contributed by atoms with Crippen molar-refractivity contribution in [2.45, 2.75) is 6.92 Å². The van der Waals surface area contributed by atoms with E-state index in [1.54, 1.807) is 37.3 Å². The highest BCUT2D eigenvalue weighted by Crippen LogP contribution is 2.32. The van der Waals surface area contributed by atoms with Crippen molar-refractivity contribution in [3.63, 3.8) is 0 Å². The number of rotatable bonds is 3. The summed E-state index contributed by atoms with van der Waals surface area (Å²) in [6, 6.07) is 12.3. The second-order valence-corrected chi connectivity index (χ2v) is 6.05. The first-order valence-corrected chi connectivity index (χ1v) is 7.82. The number of halogens is 3. The molecular weight excluding hydrogens is 352 g/mol. The zero-order valence-corrected chi connectivity index (χ0v) is 14.1. The first-order chi connectivity index (χ1) is 11.4. The van der Waals surface area contributed by atoms with Gasteiger partial charge in [-0.1, -0.05) is 29.3 Å². The Morgan fingerprint density at radius 2 is 1.88 bits per heavy atom. The molecule has 0 saturated heterocycles. The predicted octanol–water partition coefficient (Wildman–Crippen LogP) is 5.95. The van der Waals surface area contributed by atoms with Gasteiger partial charge in [0.1, 0.15) is 11.6 Å². The molecule has 122 valence electrons. The van der Waals surface area contributed by atoms with Crippen molar-refractivity contribution in [3.8, 4) is 11.3 Å². The lowest BCUT2D eigenvalue weighted by Gasteiger charge is -2.07. The highest BCUT2D eigenvalue weighted by atomic mass is 35.5. The quantitative estimate of drug-likeness (QED) is 0.624. The molecule has 0 aliphatic carbocycles. The minimum Gasteiger partial charge on any atom is -0.451 e. The fourth-order valence-electron chi connectivity index (χ4n) is 2.20. The van der Waals surface area contributed by atoms with Crippen LogP contribution in [-0.2, 0) is 0 Å². The maximum Gasteiger partial charge on any atom is 0.291 e. The van der Waals surface area contributed by atoms with E-state index in [-0.39, 0.29) is 5.76 Å². The summed E-state index contributed by atoms with van der Waals surface area (Å²) in [5, 5.41) is 3.59. The number of carbonyl (C=O) groups excluding carboxylic acids is 1. The van der Waals surface area contributed by atoms with Gasteiger partial charge in [-0.25, -0.2) is 4.39 Å². The van der Waals surface area contributed by atoms with Gasteiger partial charge in [0.2, 0.25) is 0 Å². The van der Waals surface area contributed by atoms with Crippen LogP contribution >= 0.6 is 23.2 Å². The average Bonchev–Trinajstić information content (AvgIpc) is 3.03. The third kappa shape index (κ3) is 3.45. The van der Waals surface area contributed by atoms with E-state index in [0.29, 0.717) is 27.1 Å². The van der Waals surface area contributed by atoms with E-state index in [2.05, 4.69) is 5.32 Å². The Hall–Kier alpha value is -2.30. The van der Waals surface area contributed by atoms with Crippen LogP contribution in [0, 0.1) is 12.7 Å². The standard InChI is InChI=1S/C18H12Cl2FNO2/c1-10-2-4-12(21)9-15(10)22-18(23)17-7-6-16(24-17)13-8-11(19)3-5-14(13)20/h2-9H,1H3,(H,22,23). The van der Waals surface area contributed by atoms with Crippen molar-refractivity contribution in [3.05, 3.63) is 75.7 Å². The molecule has 24 heavy (non-hydrogen) atoms. The number of benzene rings is 2. The number of nitrogens with one attached hydrogen (secondary N) is 1. The van der Waals surface area contributed by atoms with Crippen LogP contribution in [-0.4, -0.2) is 5.91 Å². The summed E-state index contributed by atoms with van der Waals surface area (Å²) >= 11 is 12.1. The number of aryl methyl sites for hydroxylation is 1. The van der Waals surface area contributed by atoms with Crippen molar-refractivity contribution in [2.75, 3.05) is 5.32 Å². The molecule has 2 aromatic carbocycles. The summed E-state index contributed by atoms with van der Waals surface area (Å²) in [5.41, 5.74) is 1.72. The minimum absolute atomic E-state index is 0.0877. The van der Waals surface area contributed by atoms with Gasteiger partial charge in [0.15, 0.2) is 5.76 Å². The Morgan fingerprint density at radius 1 is 1.08 bits per heavy atom. The van der Waals surface area contributed by atoms with Gasteiger partial charge in [-0.2, -0.15) is 0 Å². The van der Waals surface area contributed by atoms with Gasteiger partial charge >= 0.3 is 0 Å². The van der Waals surface area contributed by atoms with Gasteiger partial charge in [0.25, 0.3) is 5.91 Å². The zero-order chi connectivity index (χ0) is 17.3. The summed E-state index contributed by atoms with van der Waals surface area (Å²) in [5.74, 6) is -0.400. The van der Waals surface area contributed by atoms with Gasteiger partial charge in [-0.3, -0.25) is 4.79 Å². The van der Waals surface area contributed by atoms with Gasteiger partial charge in [0.05, 0.1) is 5.02 Å². The highest BCUT2D eigenvalue weighted by molar-refractivity contribution is 6.35. The summed E-state index contributed by atoms with van der Waals surface area (Å²) in [7, 11) is 0. The minimum atomic E-state index is -0.479. The second kappa shape index (κ2) is 6.67. The molecule has 0 unspecified atom stereocenters. The van der Waals surface area contributed by atoms with Crippen LogP contribution in [0.2, 0.25) is 10.0 Å². The predicted molar refractivity (Wildman–Crippen MR) is 93.3 cm³/mol. The van der Waals surface area contributed by atoms with Crippen molar-refractivity contribution >= 4 is 34.8 Å². The van der Waals surface area contributed by atoms with Crippen LogP contribution in [0.15, 0.2) is 52.9 Å². The van der Waals surface area contributed by atoms with E-state index < -0.39 is 11.7 Å². The SMILES string of the molecule is Cc1ccc(F)cc1NC(=O)c1ccc(-c2cc(Cl)ccc2Cl)o1. The van der Waals surface area contributed by atoms with E-state index in [1.165, 1.54) is 18.2 Å². The summed E-state index contributed by atoms with van der Waals surface area (Å²) < 4.78 is 18.9. The molecule has 3 aromatic rings. The van der Waals surface area contributed by atoms with E-state index in [9.17, 15) is 9.18 Å². The van der Waals surface area contributed by atoms with Gasteiger partial charge in [-0.15, -0.1) is 0 Å². The number of furan rings is 1. The normalized spacial score (nSPS) is 10.7. The molecule has 0 fully saturated rings. The molecule has 3 rings (SSSR count). The topological polar surface area (TPSA) is 42.2 Å². The van der Waals surface area contributed by atoms with Crippen molar-refractivity contribution < 1.29 is 13.6 Å². The fourth-order valence-corrected chi connectivity index (χ4v) is 2.59. The Morgan fingerprint density at radius 3 is 2.67 bits per heavy atom. The molecule has 0 aliphatic heterocycles. The fraction of sp³-hybridized carbons (Fsp3) is 0.0556. The molecule has 0 bridgehead atoms. The lowest BCUT2D eigenvalue weighted by Crippen LogP contribution is -2.12. The van der Waals surface area contributed by atoms with Gasteiger partial charge in [-0.05, 0) is 55.0 Å². The molecule has 1 aromatic heterocycles. The first-order valence-electron chi connectivity index (χ1n) is 7.07. The molecule has 1 amide bonds. The van der Waals surface area contributed by atoms with Crippen LogP contribution < -0.4 is 5.32 Å². The van der Waals surface area contributed by atoms with Crippen LogP contribution in [0.1, 0.15) is 16.1 Å². The molecule has 1 N–H and O–H groups in total. The van der Waals surface area contributed by atoms with Crippen LogP contribution in [0.3, 0.4) is 0 Å². The molecule has 1 heterocycles. The maximum atomic E-state index is 13.3. The van der Waals surface area contributed by atoms with Crippen molar-refractivity contribution in [2.24, 2.45) is 0 Å². The molecule has 0 radical (unpaired) electrons. The number of anilines is 1. The summed E-state index contributed by atoms with van der Waals surface area (Å²) in [6.45, 7) is 1.77. The first kappa shape index (κ1) is 16.6. The van der Waals surface area contributed by atoms with E-state index in [4.69, 9.17) is 27.6 Å². The average molecular weight is 364 g/mol. The monoisotopic (exact) mass is 363 g/mol. The number of amides is 1. The molecule has 6 heteroatoms. The smallest absolute Gasteiger partial charge is 0.291 e. The lowest BCUT2D eigenvalue weighted by atomic mass is 10.2. The van der Waals surface area contributed by atoms with E-state index in [0.717, 1.165) is 5.56 Å². The molecule has 0 aliphatic rings. The van der Waals surface area contributed by atoms with Crippen molar-refractivity contribution in [1.82, 2.24) is 0 Å². The molecule has 0 saturated carbocycles. The largest absolute Gasteiger partial charge is 0.451 e. The molecule has 0 spiro atoms. The Bertz CT molecular complexity index is 921. The number of carbonyl (C=O) groups is 1. The van der Waals surface area contributed by atoms with Crippen LogP contribution in [0.25, 0.3) is 11.3 Å². The highest BCUT2D eigenvalue weighted by Gasteiger charge is 2.15. The molecule has 3 nitrogen and oxygen atoms in total. The Kier molecular flexibility index (Phi) is 4.60. The van der Waals surface area contributed by atoms with Gasteiger partial charge in [0, 0.05) is 16.3 Å². The molecule has 0 atom stereocenters. The van der Waals surface area contributed by atoms with Crippen molar-refractivity contribution in [1.29, 1.82) is 0 Å². The summed E-state index contributed by atoms with van der Waals surface area (Å²) in [6.07, 6.45) is 0. The third-order valence-corrected chi connectivity index (χ3v) is 4.04. The third-order valence-electron chi connectivity index (χ3n) is 3.47. The van der Waals surface area contributed by atoms with Crippen LogP contribution in [0.5, 0.6) is 0 Å². The summed E-state index contributed by atoms with van der Waals surface area (Å²) in [4.78, 5) is 12.3. The lowest BCUT2D eigenvalue weighted by molar-refractivity contribution is 0.0997. The Labute approximate surface area is 148 Å². The number of hydrogen-bond donors (Lipinski definition) is 1. The van der Waals surface area contributed by atoms with Crippen LogP contribution in [0.4, 0.5) is 10.1 Å². The zero-order valence-electron chi connectivity index (χ0n) is 12.6. The van der Waals surface area contributed by atoms with Gasteiger partial charge < -0.3 is 9.73 Å². The van der Waals surface area contributed by atoms with E-state index >= 15 is 0 Å². The molecular formula is C18H12Cl2FNO2. The second-order valence-electron chi connectivity index (χ2n) is 5.20.